The Hall–Kier alpha value is -3.53. The van der Waals surface area contributed by atoms with Gasteiger partial charge in [0.2, 0.25) is 5.90 Å². The predicted molar refractivity (Wildman–Crippen MR) is 120 cm³/mol. The lowest BCUT2D eigenvalue weighted by molar-refractivity contribution is -0.150. The summed E-state index contributed by atoms with van der Waals surface area (Å²) in [5.74, 6) is -0.906. The number of nitrogens with one attached hydrogen (secondary N) is 3. The monoisotopic (exact) mass is 445 g/mol. The Bertz CT molecular complexity index is 1150. The van der Waals surface area contributed by atoms with E-state index in [2.05, 4.69) is 10.4 Å². The van der Waals surface area contributed by atoms with Gasteiger partial charge in [-0.2, -0.15) is 0 Å². The van der Waals surface area contributed by atoms with Crippen molar-refractivity contribution >= 4 is 22.8 Å². The van der Waals surface area contributed by atoms with E-state index >= 15 is 0 Å². The van der Waals surface area contributed by atoms with Gasteiger partial charge in [-0.1, -0.05) is 0 Å². The molecule has 0 unspecified atom stereocenters. The van der Waals surface area contributed by atoms with Crippen LogP contribution < -0.4 is 20.6 Å². The molecule has 32 heavy (non-hydrogen) atoms. The van der Waals surface area contributed by atoms with Gasteiger partial charge in [0.15, 0.2) is 11.6 Å². The van der Waals surface area contributed by atoms with Crippen molar-refractivity contribution in [3.63, 3.8) is 0 Å². The first kappa shape index (κ1) is 23.1. The van der Waals surface area contributed by atoms with Crippen LogP contribution >= 0.6 is 0 Å². The molecule has 0 saturated heterocycles. The van der Waals surface area contributed by atoms with Crippen LogP contribution in [-0.2, 0) is 9.53 Å². The predicted octanol–water partition coefficient (Wildman–Crippen LogP) is 2.96. The van der Waals surface area contributed by atoms with Crippen LogP contribution in [0.4, 0.5) is 4.39 Å². The second-order valence-electron chi connectivity index (χ2n) is 7.63. The average Bonchev–Trinajstić information content (AvgIpc) is 3.27. The van der Waals surface area contributed by atoms with E-state index in [1.165, 1.54) is 6.07 Å². The summed E-state index contributed by atoms with van der Waals surface area (Å²) >= 11 is 0. The van der Waals surface area contributed by atoms with Crippen LogP contribution in [-0.4, -0.2) is 47.3 Å². The number of carbonyl (C=O) groups is 1. The van der Waals surface area contributed by atoms with Crippen LogP contribution in [0.15, 0.2) is 24.4 Å². The van der Waals surface area contributed by atoms with Crippen molar-refractivity contribution < 1.29 is 23.4 Å². The van der Waals surface area contributed by atoms with Crippen molar-refractivity contribution in [2.45, 2.75) is 39.8 Å². The van der Waals surface area contributed by atoms with Gasteiger partial charge in [-0.25, -0.2) is 4.39 Å². The average molecular weight is 445 g/mol. The third-order valence-corrected chi connectivity index (χ3v) is 4.88. The molecule has 0 saturated carbocycles. The normalized spacial score (nSPS) is 13.0. The molecule has 10 heteroatoms. The molecule has 0 amide bonds. The highest BCUT2D eigenvalue weighted by molar-refractivity contribution is 5.95. The molecule has 0 aliphatic rings. The number of esters is 1. The van der Waals surface area contributed by atoms with Crippen LogP contribution in [0.25, 0.3) is 10.9 Å². The van der Waals surface area contributed by atoms with Crippen molar-refractivity contribution in [2.24, 2.45) is 5.73 Å². The second kappa shape index (κ2) is 9.31. The highest BCUT2D eigenvalue weighted by Crippen LogP contribution is 2.29. The highest BCUT2D eigenvalue weighted by atomic mass is 19.1. The molecule has 172 valence electrons. The number of nitrogens with two attached hydrogens (primary N) is 1. The number of hydrogen-bond donors (Lipinski definition) is 4. The summed E-state index contributed by atoms with van der Waals surface area (Å²) in [5.41, 5.74) is 10.9. The van der Waals surface area contributed by atoms with Gasteiger partial charge >= 0.3 is 5.97 Å². The lowest BCUT2D eigenvalue weighted by Crippen LogP contribution is -2.33. The molecule has 3 aromatic rings. The zero-order valence-electron chi connectivity index (χ0n) is 18.7. The number of ether oxygens (including phenoxy) is 3. The number of benzene rings is 1. The van der Waals surface area contributed by atoms with Gasteiger partial charge < -0.3 is 30.4 Å². The number of hydrogen-bond acceptors (Lipinski definition) is 7. The first-order valence-electron chi connectivity index (χ1n) is 10.2. The van der Waals surface area contributed by atoms with Crippen molar-refractivity contribution in [2.75, 3.05) is 19.1 Å². The molecule has 5 N–H and O–H groups in total. The fourth-order valence-corrected chi connectivity index (χ4v) is 3.25. The first-order chi connectivity index (χ1) is 15.1. The van der Waals surface area contributed by atoms with Crippen LogP contribution in [0.1, 0.15) is 30.8 Å². The molecular formula is C22H28FN5O4. The molecular weight excluding hydrogens is 417 g/mol. The molecule has 3 rings (SSSR count). The lowest BCUT2D eigenvalue weighted by Gasteiger charge is -2.15. The van der Waals surface area contributed by atoms with Crippen molar-refractivity contribution in [1.29, 1.82) is 5.41 Å². The van der Waals surface area contributed by atoms with Crippen molar-refractivity contribution in [1.82, 2.24) is 9.66 Å². The zero-order chi connectivity index (χ0) is 23.6. The van der Waals surface area contributed by atoms with Gasteiger partial charge in [0.25, 0.3) is 0 Å². The molecule has 0 aliphatic carbocycles. The molecule has 2 atom stereocenters. The van der Waals surface area contributed by atoms with Crippen molar-refractivity contribution in [3.05, 3.63) is 47.2 Å². The third kappa shape index (κ3) is 4.70. The maximum absolute atomic E-state index is 14.9. The number of H-pyrrole nitrogens is 1. The Morgan fingerprint density at radius 1 is 1.31 bits per heavy atom. The number of carbonyl (C=O) groups excluding carboxylic acids is 1. The van der Waals surface area contributed by atoms with Crippen molar-refractivity contribution in [3.8, 4) is 11.5 Å². The van der Waals surface area contributed by atoms with Gasteiger partial charge in [0, 0.05) is 29.2 Å². The highest BCUT2D eigenvalue weighted by Gasteiger charge is 2.22. The van der Waals surface area contributed by atoms with Gasteiger partial charge in [0.1, 0.15) is 30.2 Å². The molecule has 2 aromatic heterocycles. The molecule has 0 radical (unpaired) electrons. The number of rotatable bonds is 8. The van der Waals surface area contributed by atoms with Gasteiger partial charge in [0.05, 0.1) is 6.20 Å². The van der Waals surface area contributed by atoms with E-state index in [1.54, 1.807) is 50.8 Å². The molecule has 0 bridgehead atoms. The quantitative estimate of drug-likeness (QED) is 0.240. The van der Waals surface area contributed by atoms with E-state index in [1.807, 2.05) is 6.92 Å². The molecule has 9 nitrogen and oxygen atoms in total. The Balaban J connectivity index is 1.77. The topological polar surface area (TPSA) is 127 Å². The first-order valence-corrected chi connectivity index (χ1v) is 10.2. The van der Waals surface area contributed by atoms with Crippen LogP contribution in [0.5, 0.6) is 11.5 Å². The van der Waals surface area contributed by atoms with Gasteiger partial charge in [-0.05, 0) is 45.9 Å². The van der Waals surface area contributed by atoms with E-state index in [-0.39, 0.29) is 18.3 Å². The SMILES string of the molecule is CNn1cc(OC[C@@H](C)OC(=O)[C@H](C)N)c(C)c1C(=N)Oc1ccc2[nH]c(C)cc2c1F. The minimum atomic E-state index is -0.719. The molecule has 1 aromatic carbocycles. The number of fused-ring (bicyclic) bond motifs is 1. The number of nitrogens with zero attached hydrogens (tertiary/aromatic N) is 1. The van der Waals surface area contributed by atoms with E-state index in [0.717, 1.165) is 5.69 Å². The van der Waals surface area contributed by atoms with E-state index < -0.39 is 23.9 Å². The zero-order valence-corrected chi connectivity index (χ0v) is 18.7. The summed E-state index contributed by atoms with van der Waals surface area (Å²) in [4.78, 5) is 14.7. The molecule has 0 fully saturated rings. The standard InChI is InChI=1S/C22H28FN5O4/c1-11-8-15-16(27-11)6-7-17(19(15)23)32-21(25)20-13(3)18(9-28(20)26-5)30-10-12(2)31-22(29)14(4)24/h6-9,12,14,25-27H,10,24H2,1-5H3/t12-,14+/m1/s1. The lowest BCUT2D eigenvalue weighted by atomic mass is 10.2. The maximum Gasteiger partial charge on any atom is 0.323 e. The molecule has 0 spiro atoms. The Labute approximate surface area is 185 Å². The number of aromatic amines is 1. The van der Waals surface area contributed by atoms with Gasteiger partial charge in [-0.3, -0.25) is 14.9 Å². The van der Waals surface area contributed by atoms with Gasteiger partial charge in [-0.15, -0.1) is 0 Å². The Kier molecular flexibility index (Phi) is 6.73. The van der Waals surface area contributed by atoms with Crippen LogP contribution in [0.3, 0.4) is 0 Å². The fraction of sp³-hybridized carbons (Fsp3) is 0.364. The number of aromatic nitrogens is 2. The number of halogens is 1. The summed E-state index contributed by atoms with van der Waals surface area (Å²) in [6.07, 6.45) is 1.12. The summed E-state index contributed by atoms with van der Waals surface area (Å²) in [6, 6.07) is 4.16. The van der Waals surface area contributed by atoms with E-state index in [0.29, 0.717) is 27.9 Å². The fourth-order valence-electron chi connectivity index (χ4n) is 3.25. The van der Waals surface area contributed by atoms with Crippen LogP contribution in [0, 0.1) is 25.1 Å². The third-order valence-electron chi connectivity index (χ3n) is 4.88. The summed E-state index contributed by atoms with van der Waals surface area (Å²) in [7, 11) is 1.67. The van der Waals surface area contributed by atoms with E-state index in [4.69, 9.17) is 25.4 Å². The maximum atomic E-state index is 14.9. The minimum absolute atomic E-state index is 0.0522. The van der Waals surface area contributed by atoms with E-state index in [9.17, 15) is 9.18 Å². The summed E-state index contributed by atoms with van der Waals surface area (Å²) < 4.78 is 33.0. The number of aryl methyl sites for hydroxylation is 1. The molecule has 0 aliphatic heterocycles. The summed E-state index contributed by atoms with van der Waals surface area (Å²) in [6.45, 7) is 6.93. The smallest absolute Gasteiger partial charge is 0.323 e. The summed E-state index contributed by atoms with van der Waals surface area (Å²) in [5, 5.41) is 8.83. The van der Waals surface area contributed by atoms with Crippen LogP contribution in [0.2, 0.25) is 0 Å². The molecule has 2 heterocycles. The largest absolute Gasteiger partial charge is 0.488 e. The minimum Gasteiger partial charge on any atom is -0.488 e. The second-order valence-corrected chi connectivity index (χ2v) is 7.63. The Morgan fingerprint density at radius 2 is 2.03 bits per heavy atom. The Morgan fingerprint density at radius 3 is 2.69 bits per heavy atom.